The molecule has 3 aromatic heterocycles. The molecule has 0 atom stereocenters. The lowest BCUT2D eigenvalue weighted by atomic mass is 10.1. The van der Waals surface area contributed by atoms with Crippen molar-refractivity contribution < 1.29 is 0 Å². The lowest BCUT2D eigenvalue weighted by Gasteiger charge is -2.02. The monoisotopic (exact) mass is 360 g/mol. The normalized spacial score (nSPS) is 11.5. The fraction of sp³-hybridized carbons (Fsp3) is 0.0526. The van der Waals surface area contributed by atoms with Gasteiger partial charge in [0.25, 0.3) is 0 Å². The molecule has 26 heavy (non-hydrogen) atoms. The van der Waals surface area contributed by atoms with Crippen LogP contribution in [0.3, 0.4) is 0 Å². The fourth-order valence-electron chi connectivity index (χ4n) is 3.00. The maximum Gasteiger partial charge on any atom is 0.182 e. The van der Waals surface area contributed by atoms with E-state index < -0.39 is 0 Å². The summed E-state index contributed by atoms with van der Waals surface area (Å²) in [4.78, 5) is 9.23. The SMILES string of the molecule is Cc1cccc(-c2nc3c4cnn(-c5ccc(Cl)cc5)c4ncn3n2)c1. The Bertz CT molecular complexity index is 1250. The molecule has 5 aromatic rings. The predicted molar refractivity (Wildman–Crippen MR) is 101 cm³/mol. The van der Waals surface area contributed by atoms with Crippen LogP contribution in [0.5, 0.6) is 0 Å². The second-order valence-electron chi connectivity index (χ2n) is 6.09. The molecule has 6 nitrogen and oxygen atoms in total. The maximum atomic E-state index is 5.97. The summed E-state index contributed by atoms with van der Waals surface area (Å²) in [5.74, 6) is 0.669. The van der Waals surface area contributed by atoms with Crippen LogP contribution >= 0.6 is 11.6 Å². The average molecular weight is 361 g/mol. The van der Waals surface area contributed by atoms with Gasteiger partial charge in [0.1, 0.15) is 6.33 Å². The highest BCUT2D eigenvalue weighted by Crippen LogP contribution is 2.23. The van der Waals surface area contributed by atoms with E-state index in [9.17, 15) is 0 Å². The summed E-state index contributed by atoms with van der Waals surface area (Å²) in [6, 6.07) is 15.6. The largest absolute Gasteiger partial charge is 0.216 e. The number of hydrogen-bond acceptors (Lipinski definition) is 4. The predicted octanol–water partition coefficient (Wildman–Crippen LogP) is 4.09. The van der Waals surface area contributed by atoms with Gasteiger partial charge in [0.05, 0.1) is 17.3 Å². The minimum atomic E-state index is 0.669. The summed E-state index contributed by atoms with van der Waals surface area (Å²) >= 11 is 5.97. The molecule has 0 bridgehead atoms. The highest BCUT2D eigenvalue weighted by Gasteiger charge is 2.14. The van der Waals surface area contributed by atoms with Gasteiger partial charge in [-0.1, -0.05) is 35.4 Å². The standard InChI is InChI=1S/C19H13ClN6/c1-12-3-2-4-13(9-12)17-23-19-16-10-22-26(15-7-5-14(20)6-8-15)18(16)21-11-25(19)24-17/h2-11H,1H3. The number of nitrogens with zero attached hydrogens (tertiary/aromatic N) is 6. The van der Waals surface area contributed by atoms with E-state index in [1.165, 1.54) is 5.56 Å². The van der Waals surface area contributed by atoms with Crippen LogP contribution in [0.2, 0.25) is 5.02 Å². The first-order valence-corrected chi connectivity index (χ1v) is 8.49. The van der Waals surface area contributed by atoms with E-state index in [1.54, 1.807) is 21.7 Å². The van der Waals surface area contributed by atoms with E-state index in [0.29, 0.717) is 10.8 Å². The Hall–Kier alpha value is -3.25. The highest BCUT2D eigenvalue weighted by molar-refractivity contribution is 6.30. The zero-order valence-electron chi connectivity index (χ0n) is 13.8. The van der Waals surface area contributed by atoms with Gasteiger partial charge in [0.2, 0.25) is 0 Å². The van der Waals surface area contributed by atoms with Gasteiger partial charge in [-0.05, 0) is 37.3 Å². The van der Waals surface area contributed by atoms with E-state index in [4.69, 9.17) is 16.6 Å². The minimum absolute atomic E-state index is 0.669. The summed E-state index contributed by atoms with van der Waals surface area (Å²) in [6.45, 7) is 2.05. The Morgan fingerprint density at radius 3 is 2.65 bits per heavy atom. The number of aryl methyl sites for hydroxylation is 1. The molecular formula is C19H13ClN6. The van der Waals surface area contributed by atoms with Gasteiger partial charge in [-0.3, -0.25) is 0 Å². The van der Waals surface area contributed by atoms with Crippen LogP contribution in [0.4, 0.5) is 0 Å². The van der Waals surface area contributed by atoms with Crippen molar-refractivity contribution in [1.82, 2.24) is 29.4 Å². The first-order valence-electron chi connectivity index (χ1n) is 8.11. The molecule has 0 saturated carbocycles. The van der Waals surface area contributed by atoms with Crippen LogP contribution in [0, 0.1) is 6.92 Å². The topological polar surface area (TPSA) is 60.9 Å². The minimum Gasteiger partial charge on any atom is -0.216 e. The second kappa shape index (κ2) is 5.64. The molecule has 126 valence electrons. The number of hydrogen-bond donors (Lipinski definition) is 0. The van der Waals surface area contributed by atoms with Crippen molar-refractivity contribution in [2.45, 2.75) is 6.92 Å². The Morgan fingerprint density at radius 1 is 1.00 bits per heavy atom. The third kappa shape index (κ3) is 2.34. The molecule has 0 spiro atoms. The summed E-state index contributed by atoms with van der Waals surface area (Å²) in [5.41, 5.74) is 4.49. The van der Waals surface area contributed by atoms with E-state index in [2.05, 4.69) is 34.2 Å². The molecule has 7 heteroatoms. The van der Waals surface area contributed by atoms with Gasteiger partial charge in [-0.25, -0.2) is 19.2 Å². The lowest BCUT2D eigenvalue weighted by Crippen LogP contribution is -1.98. The maximum absolute atomic E-state index is 5.97. The van der Waals surface area contributed by atoms with Crippen LogP contribution in [-0.4, -0.2) is 29.4 Å². The number of fused-ring (bicyclic) bond motifs is 3. The van der Waals surface area contributed by atoms with E-state index in [-0.39, 0.29) is 0 Å². The molecule has 0 fully saturated rings. The first kappa shape index (κ1) is 15.0. The van der Waals surface area contributed by atoms with Gasteiger partial charge in [0, 0.05) is 10.6 Å². The molecular weight excluding hydrogens is 348 g/mol. The van der Waals surface area contributed by atoms with Gasteiger partial charge in [-0.2, -0.15) is 5.10 Å². The third-order valence-electron chi connectivity index (χ3n) is 4.25. The Morgan fingerprint density at radius 2 is 1.85 bits per heavy atom. The third-order valence-corrected chi connectivity index (χ3v) is 4.50. The lowest BCUT2D eigenvalue weighted by molar-refractivity contribution is 0.882. The summed E-state index contributed by atoms with van der Waals surface area (Å²) in [5, 5.41) is 10.6. The Balaban J connectivity index is 1.70. The molecule has 0 radical (unpaired) electrons. The zero-order chi connectivity index (χ0) is 17.7. The highest BCUT2D eigenvalue weighted by atomic mass is 35.5. The molecule has 0 aliphatic rings. The van der Waals surface area contributed by atoms with Crippen LogP contribution in [0.25, 0.3) is 33.8 Å². The van der Waals surface area contributed by atoms with Crippen LogP contribution in [-0.2, 0) is 0 Å². The molecule has 0 aliphatic heterocycles. The van der Waals surface area contributed by atoms with Gasteiger partial charge in [-0.15, -0.1) is 5.10 Å². The number of aromatic nitrogens is 6. The molecule has 3 heterocycles. The zero-order valence-corrected chi connectivity index (χ0v) is 14.6. The summed E-state index contributed by atoms with van der Waals surface area (Å²) in [6.07, 6.45) is 3.43. The van der Waals surface area contributed by atoms with E-state index >= 15 is 0 Å². The van der Waals surface area contributed by atoms with Crippen molar-refractivity contribution in [1.29, 1.82) is 0 Å². The first-order chi connectivity index (χ1) is 12.7. The molecule has 5 rings (SSSR count). The van der Waals surface area contributed by atoms with Crippen LogP contribution < -0.4 is 0 Å². The molecule has 0 amide bonds. The van der Waals surface area contributed by atoms with Crippen molar-refractivity contribution in [2.24, 2.45) is 0 Å². The van der Waals surface area contributed by atoms with E-state index in [1.807, 2.05) is 36.4 Å². The smallest absolute Gasteiger partial charge is 0.182 e. The van der Waals surface area contributed by atoms with Crippen molar-refractivity contribution in [3.63, 3.8) is 0 Å². The van der Waals surface area contributed by atoms with Gasteiger partial charge < -0.3 is 0 Å². The quantitative estimate of drug-likeness (QED) is 0.475. The Labute approximate surface area is 153 Å². The van der Waals surface area contributed by atoms with Crippen molar-refractivity contribution in [3.05, 3.63) is 71.6 Å². The van der Waals surface area contributed by atoms with Gasteiger partial charge >= 0.3 is 0 Å². The fourth-order valence-corrected chi connectivity index (χ4v) is 3.12. The van der Waals surface area contributed by atoms with Gasteiger partial charge in [0.15, 0.2) is 17.1 Å². The van der Waals surface area contributed by atoms with Crippen molar-refractivity contribution in [2.75, 3.05) is 0 Å². The second-order valence-corrected chi connectivity index (χ2v) is 6.52. The van der Waals surface area contributed by atoms with Crippen molar-refractivity contribution >= 4 is 28.3 Å². The number of halogens is 1. The molecule has 2 aromatic carbocycles. The van der Waals surface area contributed by atoms with Crippen LogP contribution in [0.1, 0.15) is 5.56 Å². The number of benzene rings is 2. The van der Waals surface area contributed by atoms with Crippen LogP contribution in [0.15, 0.2) is 61.1 Å². The molecule has 0 aliphatic carbocycles. The van der Waals surface area contributed by atoms with Crippen molar-refractivity contribution in [3.8, 4) is 17.1 Å². The van der Waals surface area contributed by atoms with E-state index in [0.717, 1.165) is 27.9 Å². The molecule has 0 unspecified atom stereocenters. The molecule has 0 N–H and O–H groups in total. The average Bonchev–Trinajstić information content (AvgIpc) is 3.26. The molecule has 0 saturated heterocycles. The Kier molecular flexibility index (Phi) is 3.26. The summed E-state index contributed by atoms with van der Waals surface area (Å²) < 4.78 is 3.46. The number of rotatable bonds is 2. The summed E-state index contributed by atoms with van der Waals surface area (Å²) in [7, 11) is 0.